The van der Waals surface area contributed by atoms with Gasteiger partial charge in [0.25, 0.3) is 0 Å². The molecule has 94 valence electrons. The summed E-state index contributed by atoms with van der Waals surface area (Å²) in [5, 5.41) is 12.1. The molecule has 0 aliphatic heterocycles. The van der Waals surface area contributed by atoms with Crippen LogP contribution in [0.3, 0.4) is 0 Å². The van der Waals surface area contributed by atoms with Gasteiger partial charge in [-0.3, -0.25) is 0 Å². The fourth-order valence-electron chi connectivity index (χ4n) is 2.01. The van der Waals surface area contributed by atoms with E-state index in [0.717, 1.165) is 11.0 Å². The van der Waals surface area contributed by atoms with Crippen LogP contribution in [-0.2, 0) is 10.3 Å². The number of hydrogen-bond donors (Lipinski definition) is 2. The second-order valence-corrected chi connectivity index (χ2v) is 5.27. The Morgan fingerprint density at radius 1 is 1.35 bits per heavy atom. The average Bonchev–Trinajstić information content (AvgIpc) is 3.10. The summed E-state index contributed by atoms with van der Waals surface area (Å²) in [6, 6.07) is 8.46. The molecule has 0 unspecified atom stereocenters. The van der Waals surface area contributed by atoms with Gasteiger partial charge in [-0.2, -0.15) is 0 Å². The van der Waals surface area contributed by atoms with Gasteiger partial charge in [0.15, 0.2) is 0 Å². The number of benzene rings is 1. The first-order chi connectivity index (χ1) is 8.27. The van der Waals surface area contributed by atoms with Gasteiger partial charge in [-0.1, -0.05) is 28.1 Å². The van der Waals surface area contributed by atoms with Crippen molar-refractivity contribution in [2.24, 2.45) is 0 Å². The molecule has 1 aromatic carbocycles. The molecule has 1 aliphatic carbocycles. The first-order valence-electron chi connectivity index (χ1n) is 5.96. The first-order valence-corrected chi connectivity index (χ1v) is 6.76. The van der Waals surface area contributed by atoms with Gasteiger partial charge in [0.1, 0.15) is 0 Å². The topological polar surface area (TPSA) is 41.5 Å². The van der Waals surface area contributed by atoms with Crippen molar-refractivity contribution in [1.29, 1.82) is 0 Å². The third-order valence-corrected chi connectivity index (χ3v) is 3.57. The maximum atomic E-state index is 8.60. The van der Waals surface area contributed by atoms with Crippen molar-refractivity contribution in [2.75, 3.05) is 26.4 Å². The molecule has 2 rings (SSSR count). The molecule has 1 fully saturated rings. The van der Waals surface area contributed by atoms with Gasteiger partial charge in [-0.25, -0.2) is 0 Å². The van der Waals surface area contributed by atoms with Gasteiger partial charge in [0, 0.05) is 16.6 Å². The van der Waals surface area contributed by atoms with Crippen LogP contribution in [0, 0.1) is 0 Å². The summed E-state index contributed by atoms with van der Waals surface area (Å²) in [5.41, 5.74) is 1.50. The van der Waals surface area contributed by atoms with E-state index < -0.39 is 0 Å². The molecule has 4 heteroatoms. The summed E-state index contributed by atoms with van der Waals surface area (Å²) in [6.07, 6.45) is 2.37. The Balaban J connectivity index is 1.83. The third-order valence-electron chi connectivity index (χ3n) is 3.07. The molecule has 1 aliphatic rings. The Kier molecular flexibility index (Phi) is 4.56. The summed E-state index contributed by atoms with van der Waals surface area (Å²) < 4.78 is 6.37. The Bertz CT molecular complexity index is 366. The van der Waals surface area contributed by atoms with Crippen molar-refractivity contribution in [3.8, 4) is 0 Å². The van der Waals surface area contributed by atoms with Crippen LogP contribution in [0.5, 0.6) is 0 Å². The lowest BCUT2D eigenvalue weighted by molar-refractivity contribution is 0.0920. The minimum Gasteiger partial charge on any atom is -0.394 e. The van der Waals surface area contributed by atoms with Gasteiger partial charge < -0.3 is 15.2 Å². The molecule has 17 heavy (non-hydrogen) atoms. The van der Waals surface area contributed by atoms with Crippen LogP contribution in [-0.4, -0.2) is 31.5 Å². The second kappa shape index (κ2) is 5.96. The number of rotatable bonds is 7. The molecule has 3 nitrogen and oxygen atoms in total. The molecule has 1 aromatic rings. The van der Waals surface area contributed by atoms with Crippen LogP contribution < -0.4 is 5.32 Å². The molecule has 2 N–H and O–H groups in total. The Morgan fingerprint density at radius 3 is 2.82 bits per heavy atom. The summed E-state index contributed by atoms with van der Waals surface area (Å²) in [4.78, 5) is 0. The molecular weight excluding hydrogens is 282 g/mol. The summed E-state index contributed by atoms with van der Waals surface area (Å²) in [6.45, 7) is 1.99. The number of aliphatic hydroxyl groups is 1. The lowest BCUT2D eigenvalue weighted by Gasteiger charge is -2.18. The highest BCUT2D eigenvalue weighted by molar-refractivity contribution is 9.10. The highest BCUT2D eigenvalue weighted by Crippen LogP contribution is 2.45. The third kappa shape index (κ3) is 3.52. The van der Waals surface area contributed by atoms with E-state index in [1.165, 1.54) is 18.4 Å². The van der Waals surface area contributed by atoms with E-state index in [1.54, 1.807) is 0 Å². The molecule has 0 bridgehead atoms. The Labute approximate surface area is 110 Å². The van der Waals surface area contributed by atoms with E-state index in [1.807, 2.05) is 6.07 Å². The van der Waals surface area contributed by atoms with E-state index in [9.17, 15) is 0 Å². The van der Waals surface area contributed by atoms with Crippen molar-refractivity contribution in [3.05, 3.63) is 34.3 Å². The van der Waals surface area contributed by atoms with E-state index >= 15 is 0 Å². The second-order valence-electron chi connectivity index (χ2n) is 4.36. The zero-order chi connectivity index (χ0) is 12.1. The average molecular weight is 300 g/mol. The van der Waals surface area contributed by atoms with E-state index in [4.69, 9.17) is 9.84 Å². The molecule has 0 amide bonds. The van der Waals surface area contributed by atoms with Crippen LogP contribution in [0.1, 0.15) is 18.4 Å². The smallest absolute Gasteiger partial charge is 0.0698 e. The van der Waals surface area contributed by atoms with Gasteiger partial charge in [-0.05, 0) is 30.5 Å². The number of nitrogens with one attached hydrogen (secondary N) is 1. The van der Waals surface area contributed by atoms with E-state index in [2.05, 4.69) is 39.4 Å². The molecule has 0 heterocycles. The lowest BCUT2D eigenvalue weighted by Crippen LogP contribution is -2.32. The van der Waals surface area contributed by atoms with Crippen LogP contribution in [0.4, 0.5) is 0 Å². The molecule has 0 saturated heterocycles. The van der Waals surface area contributed by atoms with Crippen molar-refractivity contribution < 1.29 is 9.84 Å². The van der Waals surface area contributed by atoms with Crippen molar-refractivity contribution in [2.45, 2.75) is 18.4 Å². The zero-order valence-electron chi connectivity index (χ0n) is 9.79. The van der Waals surface area contributed by atoms with Crippen molar-refractivity contribution >= 4 is 15.9 Å². The minimum absolute atomic E-state index is 0.0940. The molecule has 0 spiro atoms. The van der Waals surface area contributed by atoms with E-state index in [-0.39, 0.29) is 12.1 Å². The Hall–Kier alpha value is -0.420. The normalized spacial score (nSPS) is 17.1. The lowest BCUT2D eigenvalue weighted by atomic mass is 10.1. The number of halogens is 1. The van der Waals surface area contributed by atoms with Crippen molar-refractivity contribution in [3.63, 3.8) is 0 Å². The number of hydrogen-bond acceptors (Lipinski definition) is 3. The molecule has 0 atom stereocenters. The standard InChI is InChI=1S/C13H18BrNO2/c14-12-3-1-2-11(10-12)13(4-5-13)15-6-8-17-9-7-16/h1-3,10,15-16H,4-9H2. The number of ether oxygens (including phenoxy) is 1. The number of aliphatic hydroxyl groups excluding tert-OH is 1. The van der Waals surface area contributed by atoms with Crippen molar-refractivity contribution in [1.82, 2.24) is 5.32 Å². The largest absolute Gasteiger partial charge is 0.394 e. The monoisotopic (exact) mass is 299 g/mol. The minimum atomic E-state index is 0.0940. The fraction of sp³-hybridized carbons (Fsp3) is 0.538. The quantitative estimate of drug-likeness (QED) is 0.757. The summed E-state index contributed by atoms with van der Waals surface area (Å²) in [7, 11) is 0. The predicted molar refractivity (Wildman–Crippen MR) is 71.0 cm³/mol. The Morgan fingerprint density at radius 2 is 2.18 bits per heavy atom. The van der Waals surface area contributed by atoms with Gasteiger partial charge >= 0.3 is 0 Å². The summed E-state index contributed by atoms with van der Waals surface area (Å²) >= 11 is 3.50. The molecule has 0 radical (unpaired) electrons. The maximum absolute atomic E-state index is 8.60. The molecule has 1 saturated carbocycles. The van der Waals surface area contributed by atoms with Crippen LogP contribution in [0.25, 0.3) is 0 Å². The SMILES string of the molecule is OCCOCCNC1(c2cccc(Br)c2)CC1. The fourth-order valence-corrected chi connectivity index (χ4v) is 2.41. The van der Waals surface area contributed by atoms with Gasteiger partial charge in [0.2, 0.25) is 0 Å². The van der Waals surface area contributed by atoms with Gasteiger partial charge in [0.05, 0.1) is 19.8 Å². The van der Waals surface area contributed by atoms with E-state index in [0.29, 0.717) is 13.2 Å². The summed E-state index contributed by atoms with van der Waals surface area (Å²) in [5.74, 6) is 0. The van der Waals surface area contributed by atoms with Crippen LogP contribution >= 0.6 is 15.9 Å². The predicted octanol–water partition coefficient (Wildman–Crippen LogP) is 2.04. The molecule has 0 aromatic heterocycles. The first kappa shape index (κ1) is 13.0. The molecular formula is C13H18BrNO2. The zero-order valence-corrected chi connectivity index (χ0v) is 11.4. The maximum Gasteiger partial charge on any atom is 0.0698 e. The van der Waals surface area contributed by atoms with Crippen LogP contribution in [0.2, 0.25) is 0 Å². The highest BCUT2D eigenvalue weighted by Gasteiger charge is 2.43. The highest BCUT2D eigenvalue weighted by atomic mass is 79.9. The van der Waals surface area contributed by atoms with Gasteiger partial charge in [-0.15, -0.1) is 0 Å². The van der Waals surface area contributed by atoms with Crippen LogP contribution in [0.15, 0.2) is 28.7 Å².